The zero-order valence-electron chi connectivity index (χ0n) is 18.9. The molecule has 7 nitrogen and oxygen atoms in total. The van der Waals surface area contributed by atoms with Gasteiger partial charge in [0.25, 0.3) is 5.91 Å². The number of fused-ring (bicyclic) bond motifs is 1. The van der Waals surface area contributed by atoms with Crippen LogP contribution in [0.5, 0.6) is 0 Å². The molecule has 2 aromatic rings. The number of piperidine rings is 1. The van der Waals surface area contributed by atoms with Gasteiger partial charge in [-0.25, -0.2) is 0 Å². The molecular formula is C25H30ClN3O4. The summed E-state index contributed by atoms with van der Waals surface area (Å²) in [4.78, 5) is 28.0. The number of β-amino-alcohol motifs (C(OH)–C–C–N with tert-alkyl or cyclic N) is 1. The van der Waals surface area contributed by atoms with Crippen molar-refractivity contribution in [1.82, 2.24) is 9.78 Å². The van der Waals surface area contributed by atoms with Gasteiger partial charge in [-0.3, -0.25) is 9.59 Å². The summed E-state index contributed by atoms with van der Waals surface area (Å²) in [5.41, 5.74) is 3.60. The van der Waals surface area contributed by atoms with Crippen molar-refractivity contribution in [1.29, 1.82) is 0 Å². The number of aliphatic hydroxyl groups excluding tert-OH is 1. The van der Waals surface area contributed by atoms with Gasteiger partial charge in [0.05, 0.1) is 34.9 Å². The van der Waals surface area contributed by atoms with Gasteiger partial charge in [-0.15, -0.1) is 5.10 Å². The lowest BCUT2D eigenvalue weighted by molar-refractivity contribution is -0.152. The minimum Gasteiger partial charge on any atom is -0.466 e. The van der Waals surface area contributed by atoms with Crippen molar-refractivity contribution >= 4 is 29.3 Å². The molecule has 1 aliphatic heterocycles. The second-order valence-corrected chi connectivity index (χ2v) is 9.72. The number of halogens is 1. The Morgan fingerprint density at radius 1 is 1.21 bits per heavy atom. The molecule has 3 aliphatic rings. The maximum absolute atomic E-state index is 13.8. The number of esters is 1. The zero-order valence-corrected chi connectivity index (χ0v) is 19.7. The number of nitrogens with zero attached hydrogens (tertiary/aromatic N) is 3. The van der Waals surface area contributed by atoms with Gasteiger partial charge in [0.2, 0.25) is 0 Å². The summed E-state index contributed by atoms with van der Waals surface area (Å²) >= 11 is 6.53. The van der Waals surface area contributed by atoms with Gasteiger partial charge < -0.3 is 14.7 Å². The predicted octanol–water partition coefficient (Wildman–Crippen LogP) is 3.73. The molecule has 33 heavy (non-hydrogen) atoms. The van der Waals surface area contributed by atoms with Crippen LogP contribution in [0.25, 0.3) is 0 Å². The summed E-state index contributed by atoms with van der Waals surface area (Å²) in [6, 6.07) is 5.68. The second kappa shape index (κ2) is 9.11. The molecule has 2 atom stereocenters. The first-order chi connectivity index (χ1) is 16.0. The SMILES string of the molecule is CCOC(=O)C1CCN(c2nn(C(=O)c3c(Cl)cccc3C3CC3)c3c2CCCC3)CC1O. The van der Waals surface area contributed by atoms with Crippen LogP contribution in [-0.4, -0.2) is 52.6 Å². The molecule has 1 saturated heterocycles. The molecular weight excluding hydrogens is 442 g/mol. The first-order valence-corrected chi connectivity index (χ1v) is 12.4. The third-order valence-electron chi connectivity index (χ3n) is 7.10. The highest BCUT2D eigenvalue weighted by Crippen LogP contribution is 2.43. The highest BCUT2D eigenvalue weighted by atomic mass is 35.5. The molecule has 8 heteroatoms. The third kappa shape index (κ3) is 4.17. The van der Waals surface area contributed by atoms with Gasteiger partial charge in [-0.2, -0.15) is 4.68 Å². The lowest BCUT2D eigenvalue weighted by atomic mass is 9.92. The molecule has 2 fully saturated rings. The molecule has 1 aromatic carbocycles. The lowest BCUT2D eigenvalue weighted by Crippen LogP contribution is -2.47. The highest BCUT2D eigenvalue weighted by molar-refractivity contribution is 6.34. The Bertz CT molecular complexity index is 1080. The Morgan fingerprint density at radius 3 is 2.73 bits per heavy atom. The van der Waals surface area contributed by atoms with Crippen molar-refractivity contribution in [2.75, 3.05) is 24.6 Å². The molecule has 0 spiro atoms. The fourth-order valence-corrected chi connectivity index (χ4v) is 5.52. The Hall–Kier alpha value is -2.38. The van der Waals surface area contributed by atoms with Crippen molar-refractivity contribution in [3.05, 3.63) is 45.6 Å². The van der Waals surface area contributed by atoms with Crippen LogP contribution < -0.4 is 4.90 Å². The van der Waals surface area contributed by atoms with E-state index >= 15 is 0 Å². The van der Waals surface area contributed by atoms with E-state index in [4.69, 9.17) is 21.4 Å². The van der Waals surface area contributed by atoms with Crippen LogP contribution in [0.4, 0.5) is 5.82 Å². The number of benzene rings is 1. The van der Waals surface area contributed by atoms with Crippen LogP contribution in [0.1, 0.15) is 72.1 Å². The van der Waals surface area contributed by atoms with Crippen molar-refractivity contribution in [3.63, 3.8) is 0 Å². The summed E-state index contributed by atoms with van der Waals surface area (Å²) in [5.74, 6) is 0.0996. The van der Waals surface area contributed by atoms with Crippen molar-refractivity contribution in [3.8, 4) is 0 Å². The molecule has 2 heterocycles. The largest absolute Gasteiger partial charge is 0.466 e. The topological polar surface area (TPSA) is 84.7 Å². The first-order valence-electron chi connectivity index (χ1n) is 12.0. The fraction of sp³-hybridized carbons (Fsp3) is 0.560. The fourth-order valence-electron chi connectivity index (χ4n) is 5.26. The van der Waals surface area contributed by atoms with E-state index in [0.29, 0.717) is 42.6 Å². The molecule has 2 unspecified atom stereocenters. The first kappa shape index (κ1) is 22.4. The van der Waals surface area contributed by atoms with Crippen molar-refractivity contribution in [2.24, 2.45) is 5.92 Å². The number of aromatic nitrogens is 2. The average molecular weight is 472 g/mol. The molecule has 1 N–H and O–H groups in total. The molecule has 1 saturated carbocycles. The monoisotopic (exact) mass is 471 g/mol. The van der Waals surface area contributed by atoms with E-state index in [1.54, 1.807) is 17.7 Å². The van der Waals surface area contributed by atoms with E-state index in [2.05, 4.69) is 0 Å². The summed E-state index contributed by atoms with van der Waals surface area (Å²) in [7, 11) is 0. The lowest BCUT2D eigenvalue weighted by Gasteiger charge is -2.35. The Balaban J connectivity index is 1.47. The smallest absolute Gasteiger partial charge is 0.311 e. The summed E-state index contributed by atoms with van der Waals surface area (Å²) in [6.45, 7) is 2.94. The summed E-state index contributed by atoms with van der Waals surface area (Å²) in [6.07, 6.45) is 5.52. The number of hydrogen-bond acceptors (Lipinski definition) is 6. The van der Waals surface area contributed by atoms with Crippen LogP contribution >= 0.6 is 11.6 Å². The Labute approximate surface area is 198 Å². The van der Waals surface area contributed by atoms with Gasteiger partial charge in [0, 0.05) is 18.7 Å². The van der Waals surface area contributed by atoms with E-state index in [1.165, 1.54) is 0 Å². The van der Waals surface area contributed by atoms with Crippen LogP contribution in [0.15, 0.2) is 18.2 Å². The number of rotatable bonds is 5. The van der Waals surface area contributed by atoms with E-state index < -0.39 is 12.0 Å². The van der Waals surface area contributed by atoms with E-state index in [-0.39, 0.29) is 11.9 Å². The number of ether oxygens (including phenoxy) is 1. The average Bonchev–Trinajstić information content (AvgIpc) is 3.58. The maximum atomic E-state index is 13.8. The zero-order chi connectivity index (χ0) is 23.1. The van der Waals surface area contributed by atoms with Crippen LogP contribution in [-0.2, 0) is 22.4 Å². The molecule has 176 valence electrons. The quantitative estimate of drug-likeness (QED) is 0.669. The standard InChI is InChI=1S/C25H30ClN3O4/c1-2-33-25(32)18-12-13-28(14-21(18)30)23-17-6-3-4-9-20(17)29(27-23)24(31)22-16(15-10-11-15)7-5-8-19(22)26/h5,7-8,15,18,21,30H,2-4,6,9-14H2,1H3. The predicted molar refractivity (Wildman–Crippen MR) is 125 cm³/mol. The van der Waals surface area contributed by atoms with Gasteiger partial charge in [0.1, 0.15) is 0 Å². The molecule has 0 radical (unpaired) electrons. The second-order valence-electron chi connectivity index (χ2n) is 9.31. The van der Waals surface area contributed by atoms with Crippen molar-refractivity contribution in [2.45, 2.75) is 63.9 Å². The summed E-state index contributed by atoms with van der Waals surface area (Å²) < 4.78 is 6.68. The minimum atomic E-state index is -0.831. The number of carbonyl (C=O) groups is 2. The van der Waals surface area contributed by atoms with Gasteiger partial charge in [0.15, 0.2) is 5.82 Å². The Kier molecular flexibility index (Phi) is 6.18. The number of carbonyl (C=O) groups excluding carboxylic acids is 2. The number of aliphatic hydroxyl groups is 1. The van der Waals surface area contributed by atoms with E-state index in [9.17, 15) is 14.7 Å². The van der Waals surface area contributed by atoms with Gasteiger partial charge in [-0.1, -0.05) is 23.7 Å². The normalized spacial score (nSPS) is 22.7. The molecule has 0 amide bonds. The minimum absolute atomic E-state index is 0.172. The highest BCUT2D eigenvalue weighted by Gasteiger charge is 2.37. The van der Waals surface area contributed by atoms with Crippen molar-refractivity contribution < 1.29 is 19.4 Å². The van der Waals surface area contributed by atoms with Crippen LogP contribution in [0.2, 0.25) is 5.02 Å². The maximum Gasteiger partial charge on any atom is 0.311 e. The number of hydrogen-bond donors (Lipinski definition) is 1. The Morgan fingerprint density at radius 2 is 2.00 bits per heavy atom. The van der Waals surface area contributed by atoms with E-state index in [0.717, 1.165) is 61.2 Å². The molecule has 1 aromatic heterocycles. The molecule has 0 bridgehead atoms. The number of anilines is 1. The van der Waals surface area contributed by atoms with Crippen LogP contribution in [0.3, 0.4) is 0 Å². The third-order valence-corrected chi connectivity index (χ3v) is 7.41. The van der Waals surface area contributed by atoms with Gasteiger partial charge >= 0.3 is 5.97 Å². The summed E-state index contributed by atoms with van der Waals surface area (Å²) in [5, 5.41) is 15.9. The van der Waals surface area contributed by atoms with E-state index in [1.807, 2.05) is 17.0 Å². The van der Waals surface area contributed by atoms with Gasteiger partial charge in [-0.05, 0) is 69.4 Å². The molecule has 2 aliphatic carbocycles. The van der Waals surface area contributed by atoms with Crippen LogP contribution in [0, 0.1) is 5.92 Å². The molecule has 5 rings (SSSR count).